The van der Waals surface area contributed by atoms with Gasteiger partial charge in [0.25, 0.3) is 23.6 Å². The first kappa shape index (κ1) is 49.4. The molecule has 0 saturated carbocycles. The Labute approximate surface area is 422 Å². The molecule has 4 amide bonds. The lowest BCUT2D eigenvalue weighted by molar-refractivity contribution is 0.00578. The number of likely N-dealkylation sites (N-methyl/N-ethyl adjacent to an activating group) is 1. The predicted octanol–water partition coefficient (Wildman–Crippen LogP) is 6.73. The monoisotopic (exact) mass is 1050 g/mol. The highest BCUT2D eigenvalue weighted by Crippen LogP contribution is 2.37. The van der Waals surface area contributed by atoms with E-state index >= 15 is 0 Å². The van der Waals surface area contributed by atoms with Gasteiger partial charge in [-0.3, -0.25) is 19.2 Å². The van der Waals surface area contributed by atoms with Crippen LogP contribution in [-0.2, 0) is 35.0 Å². The van der Waals surface area contributed by atoms with Crippen LogP contribution in [0.4, 0.5) is 0 Å². The third kappa shape index (κ3) is 11.0. The van der Waals surface area contributed by atoms with Gasteiger partial charge in [-0.15, -0.1) is 0 Å². The smallest absolute Gasteiger partial charge is 0.399 e. The van der Waals surface area contributed by atoms with Crippen molar-refractivity contribution in [2.24, 2.45) is 0 Å². The fourth-order valence-corrected chi connectivity index (χ4v) is 11.1. The first-order valence-electron chi connectivity index (χ1n) is 25.2. The maximum Gasteiger partial charge on any atom is 0.494 e. The maximum absolute atomic E-state index is 13.0. The van der Waals surface area contributed by atoms with Crippen LogP contribution < -0.4 is 10.8 Å². The van der Waals surface area contributed by atoms with E-state index in [1.165, 1.54) is 61.0 Å². The molecule has 7 aliphatic heterocycles. The molecule has 0 bridgehead atoms. The van der Waals surface area contributed by atoms with Gasteiger partial charge in [0.1, 0.15) is 0 Å². The lowest BCUT2D eigenvalue weighted by Crippen LogP contribution is -2.42. The van der Waals surface area contributed by atoms with Crippen LogP contribution in [0.1, 0.15) is 117 Å². The first-order valence-corrected chi connectivity index (χ1v) is 26.3. The van der Waals surface area contributed by atoms with Crippen LogP contribution in [-0.4, -0.2) is 152 Å². The average molecular weight is 1050 g/mol. The molecule has 11 rings (SSSR count). The molecule has 12 nitrogen and oxygen atoms in total. The van der Waals surface area contributed by atoms with Crippen molar-refractivity contribution in [3.8, 4) is 11.1 Å². The molecule has 4 aromatic rings. The van der Waals surface area contributed by atoms with Crippen molar-refractivity contribution >= 4 is 58.8 Å². The van der Waals surface area contributed by atoms with Gasteiger partial charge in [0.2, 0.25) is 0 Å². The number of benzene rings is 4. The molecular formula is C55H68BIN6O6. The number of carbonyl (C=O) groups excluding carboxylic acids is 4. The number of hydrogen-bond donors (Lipinski definition) is 1. The van der Waals surface area contributed by atoms with Gasteiger partial charge in [-0.25, -0.2) is 0 Å². The predicted molar refractivity (Wildman–Crippen MR) is 280 cm³/mol. The number of halogens is 1. The Morgan fingerprint density at radius 3 is 1.55 bits per heavy atom. The number of amides is 4. The number of carbonyl (C=O) groups is 4. The van der Waals surface area contributed by atoms with Crippen molar-refractivity contribution in [1.29, 1.82) is 0 Å². The number of rotatable bonds is 8. The van der Waals surface area contributed by atoms with Crippen LogP contribution in [0.3, 0.4) is 0 Å². The molecule has 3 saturated heterocycles. The van der Waals surface area contributed by atoms with Crippen LogP contribution in [0.2, 0.25) is 0 Å². The molecule has 0 spiro atoms. The van der Waals surface area contributed by atoms with E-state index in [-0.39, 0.29) is 41.9 Å². The van der Waals surface area contributed by atoms with Crippen LogP contribution >= 0.6 is 22.6 Å². The van der Waals surface area contributed by atoms with E-state index in [1.807, 2.05) is 93.1 Å². The number of likely N-dealkylation sites (tertiary alicyclic amines) is 2. The summed E-state index contributed by atoms with van der Waals surface area (Å²) in [4.78, 5) is 60.3. The Kier molecular flexibility index (Phi) is 15.0. The molecule has 0 atom stereocenters. The average Bonchev–Trinajstić information content (AvgIpc) is 4.12. The molecule has 0 radical (unpaired) electrons. The van der Waals surface area contributed by atoms with Gasteiger partial charge in [0, 0.05) is 85.2 Å². The van der Waals surface area contributed by atoms with E-state index < -0.39 is 0 Å². The summed E-state index contributed by atoms with van der Waals surface area (Å²) in [7, 11) is 1.49. The molecule has 7 heterocycles. The SMILES string of the molecule is CC1(C)OB(c2ccc3c(c2)CCNC3=O)OC1(C)C.CN1CCc2cc(-c3ccc4c(c3)CCN(CCN3CCCC3)C4=O)ccc2C1=O.O=C1c2ccc(I)cc2CCN1CCN1CCCC1. The number of nitrogens with one attached hydrogen (secondary N) is 1. The zero-order valence-electron chi connectivity index (χ0n) is 41.2. The van der Waals surface area contributed by atoms with Gasteiger partial charge in [-0.1, -0.05) is 36.4 Å². The molecule has 3 fully saturated rings. The van der Waals surface area contributed by atoms with Crippen molar-refractivity contribution in [2.75, 3.05) is 85.6 Å². The quantitative estimate of drug-likeness (QED) is 0.153. The van der Waals surface area contributed by atoms with E-state index in [9.17, 15) is 19.2 Å². The summed E-state index contributed by atoms with van der Waals surface area (Å²) < 4.78 is 13.3. The summed E-state index contributed by atoms with van der Waals surface area (Å²) in [6.07, 6.45) is 8.85. The summed E-state index contributed by atoms with van der Waals surface area (Å²) in [6, 6.07) is 24.3. The molecule has 0 unspecified atom stereocenters. The molecule has 7 aliphatic rings. The van der Waals surface area contributed by atoms with Crippen LogP contribution in [0.15, 0.2) is 72.8 Å². The number of fused-ring (bicyclic) bond motifs is 4. The van der Waals surface area contributed by atoms with Gasteiger partial charge in [-0.2, -0.15) is 0 Å². The summed E-state index contributed by atoms with van der Waals surface area (Å²) in [5.41, 5.74) is 10.4. The van der Waals surface area contributed by atoms with Gasteiger partial charge in [0.15, 0.2) is 0 Å². The summed E-state index contributed by atoms with van der Waals surface area (Å²) in [5, 5.41) is 2.85. The van der Waals surface area contributed by atoms with Gasteiger partial charge < -0.3 is 39.1 Å². The third-order valence-electron chi connectivity index (χ3n) is 15.6. The van der Waals surface area contributed by atoms with Crippen LogP contribution in [0, 0.1) is 3.57 Å². The molecule has 14 heteroatoms. The topological polar surface area (TPSA) is 115 Å². The molecular weight excluding hydrogens is 978 g/mol. The Morgan fingerprint density at radius 2 is 1.00 bits per heavy atom. The van der Waals surface area contributed by atoms with Crippen molar-refractivity contribution < 1.29 is 28.5 Å². The lowest BCUT2D eigenvalue weighted by atomic mass is 9.77. The highest BCUT2D eigenvalue weighted by atomic mass is 127. The molecule has 364 valence electrons. The van der Waals surface area contributed by atoms with Gasteiger partial charge in [-0.05, 0) is 203 Å². The van der Waals surface area contributed by atoms with Crippen molar-refractivity contribution in [3.63, 3.8) is 0 Å². The Balaban J connectivity index is 0.000000134. The molecule has 0 aliphatic carbocycles. The van der Waals surface area contributed by atoms with Crippen molar-refractivity contribution in [2.45, 2.75) is 90.3 Å². The Hall–Kier alpha value is -4.61. The number of nitrogens with zero attached hydrogens (tertiary/aromatic N) is 5. The zero-order chi connectivity index (χ0) is 48.5. The fraction of sp³-hybridized carbons (Fsp3) is 0.491. The normalized spacial score (nSPS) is 20.6. The van der Waals surface area contributed by atoms with E-state index in [2.05, 4.69) is 62.0 Å². The van der Waals surface area contributed by atoms with Gasteiger partial charge >= 0.3 is 7.12 Å². The van der Waals surface area contributed by atoms with Crippen LogP contribution in [0.25, 0.3) is 11.1 Å². The highest BCUT2D eigenvalue weighted by molar-refractivity contribution is 14.1. The number of hydrogen-bond acceptors (Lipinski definition) is 8. The van der Waals surface area contributed by atoms with E-state index in [1.54, 1.807) is 4.90 Å². The second-order valence-electron chi connectivity index (χ2n) is 20.7. The minimum Gasteiger partial charge on any atom is -0.399 e. The molecule has 4 aromatic carbocycles. The van der Waals surface area contributed by atoms with Gasteiger partial charge in [0.05, 0.1) is 11.2 Å². The van der Waals surface area contributed by atoms with E-state index in [0.29, 0.717) is 6.54 Å². The minimum atomic E-state index is -0.365. The third-order valence-corrected chi connectivity index (χ3v) is 16.3. The second-order valence-corrected chi connectivity index (χ2v) is 22.0. The molecule has 69 heavy (non-hydrogen) atoms. The first-order chi connectivity index (χ1) is 33.1. The maximum atomic E-state index is 13.0. The van der Waals surface area contributed by atoms with Crippen LogP contribution in [0.5, 0.6) is 0 Å². The molecule has 0 aromatic heterocycles. The van der Waals surface area contributed by atoms with Crippen molar-refractivity contribution in [3.05, 3.63) is 121 Å². The largest absolute Gasteiger partial charge is 0.494 e. The Bertz CT molecular complexity index is 2570. The summed E-state index contributed by atoms with van der Waals surface area (Å²) in [6.45, 7) is 19.8. The minimum absolute atomic E-state index is 0.00622. The fourth-order valence-electron chi connectivity index (χ4n) is 10.5. The summed E-state index contributed by atoms with van der Waals surface area (Å²) >= 11 is 2.31. The second kappa shape index (κ2) is 21.0. The zero-order valence-corrected chi connectivity index (χ0v) is 43.4. The molecule has 1 N–H and O–H groups in total. The van der Waals surface area contributed by atoms with Crippen molar-refractivity contribution in [1.82, 2.24) is 29.8 Å². The Morgan fingerprint density at radius 1 is 0.536 bits per heavy atom. The highest BCUT2D eigenvalue weighted by Gasteiger charge is 2.52. The van der Waals surface area contributed by atoms with E-state index in [0.717, 1.165) is 127 Å². The standard InChI is InChI=1S/C25H29N3O2.C15H20BNO3.C15H19IN2O/c1-26-12-8-20-16-18(4-6-22(20)24(26)29)19-5-7-23-21(17-19)9-13-28(25(23)30)15-14-27-10-2-3-11-27;1-14(2)15(3,4)20-16(19-14)11-5-6-12-10(9-11)7-8-17-13(12)18;16-13-3-4-14-12(11-13)5-8-18(15(14)19)10-9-17-6-1-2-7-17/h4-7,16-17H,2-3,8-15H2,1H3;5-6,9H,7-8H2,1-4H3,(H,17,18);3-4,11H,1-2,5-10H2. The lowest BCUT2D eigenvalue weighted by Gasteiger charge is -2.32. The summed E-state index contributed by atoms with van der Waals surface area (Å²) in [5.74, 6) is 0.498. The van der Waals surface area contributed by atoms with E-state index in [4.69, 9.17) is 9.31 Å².